The van der Waals surface area contributed by atoms with Crippen LogP contribution >= 0.6 is 0 Å². The number of hydrogen-bond donors (Lipinski definition) is 3. The van der Waals surface area contributed by atoms with Crippen LogP contribution in [0, 0.1) is 12.8 Å². The lowest BCUT2D eigenvalue weighted by Gasteiger charge is -2.26. The Morgan fingerprint density at radius 2 is 1.90 bits per heavy atom. The molecule has 0 unspecified atom stereocenters. The third-order valence-electron chi connectivity index (χ3n) is 3.95. The normalized spacial score (nSPS) is 22.2. The molecule has 1 saturated carbocycles. The molecule has 4 N–H and O–H groups in total. The molecule has 108 valence electrons. The fraction of sp³-hybridized carbons (Fsp3) is 0.467. The fourth-order valence-electron chi connectivity index (χ4n) is 2.54. The van der Waals surface area contributed by atoms with E-state index in [-0.39, 0.29) is 17.9 Å². The van der Waals surface area contributed by atoms with Gasteiger partial charge in [0, 0.05) is 17.3 Å². The van der Waals surface area contributed by atoms with Crippen LogP contribution in [-0.2, 0) is 4.79 Å². The van der Waals surface area contributed by atoms with E-state index in [1.54, 1.807) is 12.1 Å². The van der Waals surface area contributed by atoms with Gasteiger partial charge in [0.15, 0.2) is 0 Å². The number of rotatable bonds is 3. The van der Waals surface area contributed by atoms with Gasteiger partial charge in [-0.15, -0.1) is 0 Å². The van der Waals surface area contributed by atoms with E-state index in [1.807, 2.05) is 13.0 Å². The van der Waals surface area contributed by atoms with Crippen molar-refractivity contribution in [1.29, 1.82) is 0 Å². The number of benzene rings is 1. The zero-order chi connectivity index (χ0) is 14.7. The van der Waals surface area contributed by atoms with Crippen LogP contribution in [0.5, 0.6) is 0 Å². The van der Waals surface area contributed by atoms with Crippen LogP contribution in [0.4, 0.5) is 5.69 Å². The third-order valence-corrected chi connectivity index (χ3v) is 3.95. The van der Waals surface area contributed by atoms with Crippen LogP contribution < -0.4 is 11.1 Å². The van der Waals surface area contributed by atoms with Gasteiger partial charge in [0.05, 0.1) is 5.92 Å². The van der Waals surface area contributed by atoms with Crippen LogP contribution in [0.2, 0.25) is 0 Å². The van der Waals surface area contributed by atoms with Gasteiger partial charge in [0.1, 0.15) is 0 Å². The molecule has 5 heteroatoms. The second kappa shape index (κ2) is 5.94. The van der Waals surface area contributed by atoms with Crippen molar-refractivity contribution in [3.63, 3.8) is 0 Å². The molecular weight excluding hydrogens is 256 g/mol. The summed E-state index contributed by atoms with van der Waals surface area (Å²) in [4.78, 5) is 23.0. The van der Waals surface area contributed by atoms with E-state index in [9.17, 15) is 9.59 Å². The minimum absolute atomic E-state index is 0.0561. The van der Waals surface area contributed by atoms with Crippen molar-refractivity contribution >= 4 is 17.6 Å². The summed E-state index contributed by atoms with van der Waals surface area (Å²) in [5.74, 6) is -1.14. The van der Waals surface area contributed by atoms with Gasteiger partial charge in [0.2, 0.25) is 0 Å². The first kappa shape index (κ1) is 14.4. The van der Waals surface area contributed by atoms with Gasteiger partial charge in [-0.25, -0.2) is 0 Å². The largest absolute Gasteiger partial charge is 0.481 e. The molecule has 2 rings (SSSR count). The minimum atomic E-state index is -0.735. The van der Waals surface area contributed by atoms with E-state index in [0.29, 0.717) is 36.9 Å². The number of carboxylic acid groups (broad SMARTS) is 1. The number of carbonyl (C=O) groups is 2. The number of nitrogens with one attached hydrogen (secondary N) is 1. The van der Waals surface area contributed by atoms with Gasteiger partial charge in [-0.3, -0.25) is 9.59 Å². The number of amides is 1. The number of anilines is 1. The Morgan fingerprint density at radius 1 is 1.25 bits per heavy atom. The summed E-state index contributed by atoms with van der Waals surface area (Å²) >= 11 is 0. The van der Waals surface area contributed by atoms with Crippen molar-refractivity contribution in [3.8, 4) is 0 Å². The molecule has 0 aromatic heterocycles. The molecule has 5 nitrogen and oxygen atoms in total. The Labute approximate surface area is 118 Å². The van der Waals surface area contributed by atoms with Crippen LogP contribution in [0.25, 0.3) is 0 Å². The summed E-state index contributed by atoms with van der Waals surface area (Å²) in [7, 11) is 0. The SMILES string of the molecule is Cc1ccc(C(=O)NC2CCC(C(=O)O)CC2)cc1N. The predicted molar refractivity (Wildman–Crippen MR) is 76.4 cm³/mol. The molecule has 0 bridgehead atoms. The van der Waals surface area contributed by atoms with E-state index in [4.69, 9.17) is 10.8 Å². The van der Waals surface area contributed by atoms with E-state index >= 15 is 0 Å². The predicted octanol–water partition coefficient (Wildman–Crippen LogP) is 1.95. The topological polar surface area (TPSA) is 92.4 Å². The molecular formula is C15H20N2O3. The molecule has 0 spiro atoms. The van der Waals surface area contributed by atoms with Gasteiger partial charge < -0.3 is 16.2 Å². The molecule has 1 aromatic carbocycles. The Morgan fingerprint density at radius 3 is 2.45 bits per heavy atom. The molecule has 1 aliphatic rings. The Kier molecular flexibility index (Phi) is 4.27. The highest BCUT2D eigenvalue weighted by atomic mass is 16.4. The Balaban J connectivity index is 1.92. The van der Waals surface area contributed by atoms with Crippen molar-refractivity contribution < 1.29 is 14.7 Å². The van der Waals surface area contributed by atoms with Crippen molar-refractivity contribution in [2.45, 2.75) is 38.6 Å². The highest BCUT2D eigenvalue weighted by molar-refractivity contribution is 5.95. The minimum Gasteiger partial charge on any atom is -0.481 e. The summed E-state index contributed by atoms with van der Waals surface area (Å²) in [6.07, 6.45) is 2.67. The average Bonchev–Trinajstić information content (AvgIpc) is 2.42. The van der Waals surface area contributed by atoms with E-state index in [0.717, 1.165) is 5.56 Å². The number of carbonyl (C=O) groups excluding carboxylic acids is 1. The summed E-state index contributed by atoms with van der Waals surface area (Å²) in [5.41, 5.74) is 7.90. The molecule has 1 amide bonds. The Hall–Kier alpha value is -2.04. The highest BCUT2D eigenvalue weighted by Gasteiger charge is 2.26. The average molecular weight is 276 g/mol. The van der Waals surface area contributed by atoms with Crippen molar-refractivity contribution in [2.75, 3.05) is 5.73 Å². The van der Waals surface area contributed by atoms with Crippen LogP contribution in [-0.4, -0.2) is 23.0 Å². The first-order chi connectivity index (χ1) is 9.47. The standard InChI is InChI=1S/C15H20N2O3/c1-9-2-3-11(8-13(9)16)14(18)17-12-6-4-10(5-7-12)15(19)20/h2-3,8,10,12H,4-7,16H2,1H3,(H,17,18)(H,19,20). The van der Waals surface area contributed by atoms with Crippen molar-refractivity contribution in [1.82, 2.24) is 5.32 Å². The molecule has 0 atom stereocenters. The second-order valence-corrected chi connectivity index (χ2v) is 5.43. The molecule has 1 fully saturated rings. The van der Waals surface area contributed by atoms with E-state index in [1.165, 1.54) is 0 Å². The molecule has 1 aromatic rings. The van der Waals surface area contributed by atoms with Crippen molar-refractivity contribution in [3.05, 3.63) is 29.3 Å². The summed E-state index contributed by atoms with van der Waals surface area (Å²) in [5, 5.41) is 11.9. The number of nitrogens with two attached hydrogens (primary N) is 1. The second-order valence-electron chi connectivity index (χ2n) is 5.43. The van der Waals surface area contributed by atoms with E-state index < -0.39 is 5.97 Å². The molecule has 1 aliphatic carbocycles. The molecule has 0 aliphatic heterocycles. The monoisotopic (exact) mass is 276 g/mol. The van der Waals surface area contributed by atoms with Crippen molar-refractivity contribution in [2.24, 2.45) is 5.92 Å². The first-order valence-corrected chi connectivity index (χ1v) is 6.87. The number of nitrogen functional groups attached to an aromatic ring is 1. The van der Waals surface area contributed by atoms with Crippen LogP contribution in [0.3, 0.4) is 0 Å². The van der Waals surface area contributed by atoms with Crippen LogP contribution in [0.1, 0.15) is 41.6 Å². The number of hydrogen-bond acceptors (Lipinski definition) is 3. The lowest BCUT2D eigenvalue weighted by molar-refractivity contribution is -0.142. The summed E-state index contributed by atoms with van der Waals surface area (Å²) in [6.45, 7) is 1.89. The maximum atomic E-state index is 12.1. The Bertz CT molecular complexity index is 520. The number of carboxylic acids is 1. The molecule has 0 radical (unpaired) electrons. The number of aliphatic carboxylic acids is 1. The van der Waals surface area contributed by atoms with E-state index in [2.05, 4.69) is 5.32 Å². The smallest absolute Gasteiger partial charge is 0.306 e. The lowest BCUT2D eigenvalue weighted by atomic mass is 9.86. The summed E-state index contributed by atoms with van der Waals surface area (Å²) in [6, 6.07) is 5.31. The fourth-order valence-corrected chi connectivity index (χ4v) is 2.54. The summed E-state index contributed by atoms with van der Waals surface area (Å²) < 4.78 is 0. The number of aryl methyl sites for hydroxylation is 1. The zero-order valence-electron chi connectivity index (χ0n) is 11.6. The van der Waals surface area contributed by atoms with Gasteiger partial charge >= 0.3 is 5.97 Å². The van der Waals surface area contributed by atoms with Gasteiger partial charge in [-0.2, -0.15) is 0 Å². The van der Waals surface area contributed by atoms with Gasteiger partial charge in [0.25, 0.3) is 5.91 Å². The molecule has 20 heavy (non-hydrogen) atoms. The first-order valence-electron chi connectivity index (χ1n) is 6.87. The maximum absolute atomic E-state index is 12.1. The lowest BCUT2D eigenvalue weighted by Crippen LogP contribution is -2.38. The highest BCUT2D eigenvalue weighted by Crippen LogP contribution is 2.24. The van der Waals surface area contributed by atoms with Gasteiger partial charge in [-0.1, -0.05) is 6.07 Å². The maximum Gasteiger partial charge on any atom is 0.306 e. The van der Waals surface area contributed by atoms with Crippen LogP contribution in [0.15, 0.2) is 18.2 Å². The molecule has 0 saturated heterocycles. The molecule has 0 heterocycles. The van der Waals surface area contributed by atoms with Gasteiger partial charge in [-0.05, 0) is 50.3 Å². The quantitative estimate of drug-likeness (QED) is 0.736. The third kappa shape index (κ3) is 3.29. The zero-order valence-corrected chi connectivity index (χ0v) is 11.6.